The first kappa shape index (κ1) is 20.0. The third-order valence-electron chi connectivity index (χ3n) is 5.19. The minimum atomic E-state index is -0.296. The molecule has 4 rings (SSSR count). The van der Waals surface area contributed by atoms with E-state index in [4.69, 9.17) is 9.47 Å². The molecule has 5 nitrogen and oxygen atoms in total. The number of ether oxygens (including phenoxy) is 2. The standard InChI is InChI=1S/C24H21NO4S/c1-15-6-4-5-7-17(15)14-25-23(26)22(30-24(25)27)13-20-19-12-18(28-2)10-8-16(19)9-11-21(20)29-3/h4-13H,14H2,1-3H3/b22-13-. The summed E-state index contributed by atoms with van der Waals surface area (Å²) in [5.41, 5.74) is 2.74. The third kappa shape index (κ3) is 3.66. The molecule has 2 amide bonds. The smallest absolute Gasteiger partial charge is 0.293 e. The highest BCUT2D eigenvalue weighted by Crippen LogP contribution is 2.38. The molecule has 0 bridgehead atoms. The summed E-state index contributed by atoms with van der Waals surface area (Å²) in [6, 6.07) is 17.3. The molecular weight excluding hydrogens is 398 g/mol. The second kappa shape index (κ2) is 8.24. The minimum Gasteiger partial charge on any atom is -0.497 e. The molecule has 30 heavy (non-hydrogen) atoms. The van der Waals surface area contributed by atoms with Gasteiger partial charge in [0.15, 0.2) is 0 Å². The zero-order chi connectivity index (χ0) is 21.3. The summed E-state index contributed by atoms with van der Waals surface area (Å²) in [6.07, 6.45) is 1.74. The van der Waals surface area contributed by atoms with Crippen LogP contribution in [0.1, 0.15) is 16.7 Å². The molecule has 3 aromatic carbocycles. The molecule has 0 spiro atoms. The van der Waals surface area contributed by atoms with Crippen LogP contribution in [0, 0.1) is 6.92 Å². The first-order valence-corrected chi connectivity index (χ1v) is 10.3. The van der Waals surface area contributed by atoms with Crippen LogP contribution in [0.25, 0.3) is 16.8 Å². The lowest BCUT2D eigenvalue weighted by molar-refractivity contribution is -0.123. The normalized spacial score (nSPS) is 15.3. The molecule has 0 atom stereocenters. The number of thioether (sulfide) groups is 1. The molecule has 0 aromatic heterocycles. The molecule has 1 saturated heterocycles. The maximum atomic E-state index is 13.0. The molecule has 1 fully saturated rings. The molecule has 6 heteroatoms. The maximum Gasteiger partial charge on any atom is 0.293 e. The number of hydrogen-bond donors (Lipinski definition) is 0. The van der Waals surface area contributed by atoms with Gasteiger partial charge in [0.05, 0.1) is 25.7 Å². The van der Waals surface area contributed by atoms with Crippen LogP contribution in [0.5, 0.6) is 11.5 Å². The Morgan fingerprint density at radius 3 is 2.50 bits per heavy atom. The predicted octanol–water partition coefficient (Wildman–Crippen LogP) is 5.40. The highest BCUT2D eigenvalue weighted by molar-refractivity contribution is 8.18. The molecule has 0 aliphatic carbocycles. The number of carbonyl (C=O) groups excluding carboxylic acids is 2. The number of methoxy groups -OCH3 is 2. The van der Waals surface area contributed by atoms with Crippen molar-refractivity contribution in [3.05, 3.63) is 76.2 Å². The van der Waals surface area contributed by atoms with Crippen molar-refractivity contribution in [1.29, 1.82) is 0 Å². The Hall–Kier alpha value is -3.25. The monoisotopic (exact) mass is 419 g/mol. The van der Waals surface area contributed by atoms with Gasteiger partial charge in [-0.1, -0.05) is 36.4 Å². The zero-order valence-electron chi connectivity index (χ0n) is 17.0. The van der Waals surface area contributed by atoms with Gasteiger partial charge in [0.2, 0.25) is 0 Å². The quantitative estimate of drug-likeness (QED) is 0.518. The number of rotatable bonds is 5. The summed E-state index contributed by atoms with van der Waals surface area (Å²) in [5.74, 6) is 1.04. The lowest BCUT2D eigenvalue weighted by Gasteiger charge is -2.14. The summed E-state index contributed by atoms with van der Waals surface area (Å²) >= 11 is 0.951. The highest BCUT2D eigenvalue weighted by Gasteiger charge is 2.35. The summed E-state index contributed by atoms with van der Waals surface area (Å²) in [7, 11) is 3.19. The first-order valence-electron chi connectivity index (χ1n) is 9.46. The Bertz CT molecular complexity index is 1180. The van der Waals surface area contributed by atoms with Crippen molar-refractivity contribution in [2.75, 3.05) is 14.2 Å². The van der Waals surface area contributed by atoms with E-state index in [-0.39, 0.29) is 17.7 Å². The summed E-state index contributed by atoms with van der Waals surface area (Å²) in [5, 5.41) is 1.60. The number of nitrogens with zero attached hydrogens (tertiary/aromatic N) is 1. The van der Waals surface area contributed by atoms with Crippen molar-refractivity contribution >= 4 is 39.8 Å². The van der Waals surface area contributed by atoms with Gasteiger partial charge in [-0.3, -0.25) is 14.5 Å². The Labute approximate surface area is 179 Å². The van der Waals surface area contributed by atoms with Gasteiger partial charge >= 0.3 is 0 Å². The van der Waals surface area contributed by atoms with Crippen molar-refractivity contribution in [3.8, 4) is 11.5 Å². The fourth-order valence-electron chi connectivity index (χ4n) is 3.48. The Balaban J connectivity index is 1.75. The first-order chi connectivity index (χ1) is 14.5. The van der Waals surface area contributed by atoms with Crippen LogP contribution >= 0.6 is 11.8 Å². The number of fused-ring (bicyclic) bond motifs is 1. The number of amides is 2. The van der Waals surface area contributed by atoms with E-state index in [2.05, 4.69) is 0 Å². The van der Waals surface area contributed by atoms with Crippen LogP contribution in [0.3, 0.4) is 0 Å². The minimum absolute atomic E-state index is 0.259. The Kier molecular flexibility index (Phi) is 5.50. The Morgan fingerprint density at radius 2 is 1.77 bits per heavy atom. The highest BCUT2D eigenvalue weighted by atomic mass is 32.2. The molecule has 0 unspecified atom stereocenters. The molecule has 1 aliphatic heterocycles. The van der Waals surface area contributed by atoms with E-state index >= 15 is 0 Å². The van der Waals surface area contributed by atoms with Crippen LogP contribution < -0.4 is 9.47 Å². The number of aryl methyl sites for hydroxylation is 1. The topological polar surface area (TPSA) is 55.8 Å². The van der Waals surface area contributed by atoms with E-state index in [1.165, 1.54) is 4.90 Å². The van der Waals surface area contributed by atoms with E-state index < -0.39 is 0 Å². The fraction of sp³-hybridized carbons (Fsp3) is 0.167. The van der Waals surface area contributed by atoms with Gasteiger partial charge < -0.3 is 9.47 Å². The van der Waals surface area contributed by atoms with Crippen LogP contribution in [0.15, 0.2) is 59.5 Å². The van der Waals surface area contributed by atoms with Gasteiger partial charge in [-0.2, -0.15) is 0 Å². The predicted molar refractivity (Wildman–Crippen MR) is 120 cm³/mol. The summed E-state index contributed by atoms with van der Waals surface area (Å²) in [4.78, 5) is 27.3. The molecule has 152 valence electrons. The average molecular weight is 420 g/mol. The summed E-state index contributed by atoms with van der Waals surface area (Å²) < 4.78 is 10.9. The number of imide groups is 1. The second-order valence-corrected chi connectivity index (χ2v) is 7.96. The van der Waals surface area contributed by atoms with E-state index in [1.807, 2.05) is 61.5 Å². The number of carbonyl (C=O) groups is 2. The van der Waals surface area contributed by atoms with Crippen LogP contribution in [-0.2, 0) is 11.3 Å². The molecule has 1 heterocycles. The third-order valence-corrected chi connectivity index (χ3v) is 6.10. The van der Waals surface area contributed by atoms with Gasteiger partial charge in [0.25, 0.3) is 11.1 Å². The maximum absolute atomic E-state index is 13.0. The van der Waals surface area contributed by atoms with Crippen molar-refractivity contribution in [2.45, 2.75) is 13.5 Å². The lowest BCUT2D eigenvalue weighted by atomic mass is 10.0. The van der Waals surface area contributed by atoms with Gasteiger partial charge in [0, 0.05) is 5.56 Å². The van der Waals surface area contributed by atoms with Crippen molar-refractivity contribution in [2.24, 2.45) is 0 Å². The lowest BCUT2D eigenvalue weighted by Crippen LogP contribution is -2.27. The van der Waals surface area contributed by atoms with Gasteiger partial charge in [0.1, 0.15) is 11.5 Å². The molecule has 0 N–H and O–H groups in total. The number of hydrogen-bond acceptors (Lipinski definition) is 5. The van der Waals surface area contributed by atoms with Crippen molar-refractivity contribution < 1.29 is 19.1 Å². The van der Waals surface area contributed by atoms with Crippen LogP contribution in [-0.4, -0.2) is 30.3 Å². The van der Waals surface area contributed by atoms with E-state index in [1.54, 1.807) is 20.3 Å². The van der Waals surface area contributed by atoms with Crippen molar-refractivity contribution in [1.82, 2.24) is 4.90 Å². The average Bonchev–Trinajstić information content (AvgIpc) is 3.02. The fourth-order valence-corrected chi connectivity index (χ4v) is 4.30. The van der Waals surface area contributed by atoms with Gasteiger partial charge in [-0.25, -0.2) is 0 Å². The largest absolute Gasteiger partial charge is 0.497 e. The Morgan fingerprint density at radius 1 is 1.00 bits per heavy atom. The van der Waals surface area contributed by atoms with E-state index in [0.717, 1.165) is 39.2 Å². The van der Waals surface area contributed by atoms with Crippen molar-refractivity contribution in [3.63, 3.8) is 0 Å². The van der Waals surface area contributed by atoms with Crippen LogP contribution in [0.4, 0.5) is 4.79 Å². The van der Waals surface area contributed by atoms with Gasteiger partial charge in [-0.05, 0) is 64.9 Å². The molecule has 3 aromatic rings. The van der Waals surface area contributed by atoms with Crippen LogP contribution in [0.2, 0.25) is 0 Å². The molecular formula is C24H21NO4S. The molecule has 0 saturated carbocycles. The molecule has 1 aliphatic rings. The van der Waals surface area contributed by atoms with E-state index in [0.29, 0.717) is 16.4 Å². The second-order valence-electron chi connectivity index (χ2n) is 6.96. The summed E-state index contributed by atoms with van der Waals surface area (Å²) in [6.45, 7) is 2.23. The SMILES string of the molecule is COc1ccc2ccc(OC)c(/C=C3\SC(=O)N(Cc4ccccc4C)C3=O)c2c1. The molecule has 0 radical (unpaired) electrons. The zero-order valence-corrected chi connectivity index (χ0v) is 17.8. The van der Waals surface area contributed by atoms with E-state index in [9.17, 15) is 9.59 Å². The number of benzene rings is 3. The van der Waals surface area contributed by atoms with Gasteiger partial charge in [-0.15, -0.1) is 0 Å².